The van der Waals surface area contributed by atoms with Crippen LogP contribution in [0.1, 0.15) is 40.0 Å². The summed E-state index contributed by atoms with van der Waals surface area (Å²) < 4.78 is 5.69. The molecule has 2 aliphatic rings. The van der Waals surface area contributed by atoms with E-state index < -0.39 is 0 Å². The van der Waals surface area contributed by atoms with Crippen LogP contribution in [0, 0.1) is 5.92 Å². The normalized spacial score (nSPS) is 22.8. The Hall–Kier alpha value is -2.93. The van der Waals surface area contributed by atoms with Crippen molar-refractivity contribution < 1.29 is 4.74 Å². The molecule has 2 atom stereocenters. The predicted octanol–water partition coefficient (Wildman–Crippen LogP) is 4.63. The third-order valence-corrected chi connectivity index (χ3v) is 7.96. The number of benzene rings is 1. The van der Waals surface area contributed by atoms with Crippen LogP contribution in [0.25, 0.3) is 22.4 Å². The molecule has 3 aromatic rings. The molecular formula is C26H34N6O. The van der Waals surface area contributed by atoms with Crippen LogP contribution in [0.3, 0.4) is 0 Å². The molecular weight excluding hydrogens is 412 g/mol. The molecule has 1 N–H and O–H groups in total. The van der Waals surface area contributed by atoms with Crippen LogP contribution in [0.2, 0.25) is 0 Å². The smallest absolute Gasteiger partial charge is 0.151 e. The van der Waals surface area contributed by atoms with E-state index in [1.807, 2.05) is 18.3 Å². The highest BCUT2D eigenvalue weighted by atomic mass is 16.5. The number of piperidine rings is 1. The monoisotopic (exact) mass is 446 g/mol. The molecule has 2 aromatic heterocycles. The average molecular weight is 447 g/mol. The molecule has 5 rings (SSSR count). The Bertz CT molecular complexity index is 1090. The summed E-state index contributed by atoms with van der Waals surface area (Å²) in [5.41, 5.74) is 4.00. The third kappa shape index (κ3) is 3.99. The summed E-state index contributed by atoms with van der Waals surface area (Å²) in [4.78, 5) is 5.06. The fourth-order valence-corrected chi connectivity index (χ4v) is 5.14. The number of hydrogen-bond acceptors (Lipinski definition) is 6. The highest BCUT2D eigenvalue weighted by Gasteiger charge is 2.45. The molecule has 0 amide bonds. The van der Waals surface area contributed by atoms with Gasteiger partial charge in [0.1, 0.15) is 5.75 Å². The average Bonchev–Trinajstić information content (AvgIpc) is 3.51. The standard InChI is InChI=1S/C26H34N6O/c1-17-23(12-13-31(4)26(17,2)3)32(20-7-8-20)25-11-10-22(29-30-25)21-9-6-18(14-24(21)33-5)19-15-27-28-16-19/h6,9-11,14-17,20,23H,7-8,12-13H2,1-5H3,(H,27,28). The van der Waals surface area contributed by atoms with Gasteiger partial charge in [-0.2, -0.15) is 5.10 Å². The Morgan fingerprint density at radius 2 is 1.91 bits per heavy atom. The second kappa shape index (κ2) is 8.45. The Morgan fingerprint density at radius 1 is 1.09 bits per heavy atom. The van der Waals surface area contributed by atoms with Crippen molar-refractivity contribution in [2.24, 2.45) is 5.92 Å². The van der Waals surface area contributed by atoms with Crippen LogP contribution in [-0.2, 0) is 0 Å². The van der Waals surface area contributed by atoms with Crippen molar-refractivity contribution in [1.29, 1.82) is 0 Å². The molecule has 174 valence electrons. The zero-order valence-electron chi connectivity index (χ0n) is 20.2. The summed E-state index contributed by atoms with van der Waals surface area (Å²) in [6.45, 7) is 8.23. The van der Waals surface area contributed by atoms with E-state index in [2.05, 4.69) is 71.1 Å². The maximum absolute atomic E-state index is 5.69. The van der Waals surface area contributed by atoms with E-state index in [1.165, 1.54) is 12.8 Å². The molecule has 33 heavy (non-hydrogen) atoms. The highest BCUT2D eigenvalue weighted by molar-refractivity contribution is 5.74. The number of nitrogens with zero attached hydrogens (tertiary/aromatic N) is 5. The van der Waals surface area contributed by atoms with Gasteiger partial charge in [0.05, 0.1) is 19.0 Å². The van der Waals surface area contributed by atoms with Gasteiger partial charge in [0.15, 0.2) is 5.82 Å². The maximum Gasteiger partial charge on any atom is 0.151 e. The van der Waals surface area contributed by atoms with Crippen LogP contribution in [0.4, 0.5) is 5.82 Å². The van der Waals surface area contributed by atoms with Gasteiger partial charge in [-0.05, 0) is 75.9 Å². The first-order valence-electron chi connectivity index (χ1n) is 11.9. The fraction of sp³-hybridized carbons (Fsp3) is 0.500. The topological polar surface area (TPSA) is 70.2 Å². The molecule has 0 spiro atoms. The van der Waals surface area contributed by atoms with Crippen molar-refractivity contribution >= 4 is 5.82 Å². The number of methoxy groups -OCH3 is 1. The van der Waals surface area contributed by atoms with Crippen molar-refractivity contribution in [3.8, 4) is 28.1 Å². The third-order valence-electron chi connectivity index (χ3n) is 7.96. The minimum absolute atomic E-state index is 0.160. The zero-order chi connectivity index (χ0) is 23.2. The Balaban J connectivity index is 1.43. The van der Waals surface area contributed by atoms with Gasteiger partial charge < -0.3 is 14.5 Å². The molecule has 0 radical (unpaired) electrons. The molecule has 2 unspecified atom stereocenters. The number of aromatic amines is 1. The van der Waals surface area contributed by atoms with Crippen LogP contribution >= 0.6 is 0 Å². The quantitative estimate of drug-likeness (QED) is 0.595. The van der Waals surface area contributed by atoms with Gasteiger partial charge in [-0.15, -0.1) is 10.2 Å². The molecule has 0 bridgehead atoms. The lowest BCUT2D eigenvalue weighted by molar-refractivity contribution is 0.0374. The van der Waals surface area contributed by atoms with E-state index in [9.17, 15) is 0 Å². The van der Waals surface area contributed by atoms with E-state index in [4.69, 9.17) is 9.84 Å². The number of rotatable bonds is 6. The molecule has 7 heteroatoms. The highest BCUT2D eigenvalue weighted by Crippen LogP contribution is 2.42. The van der Waals surface area contributed by atoms with Gasteiger partial charge >= 0.3 is 0 Å². The largest absolute Gasteiger partial charge is 0.496 e. The number of anilines is 1. The number of ether oxygens (including phenoxy) is 1. The van der Waals surface area contributed by atoms with Crippen LogP contribution in [-0.4, -0.2) is 63.6 Å². The first kappa shape index (κ1) is 21.9. The molecule has 1 saturated carbocycles. The van der Waals surface area contributed by atoms with Gasteiger partial charge in [0, 0.05) is 41.5 Å². The molecule has 3 heterocycles. The number of nitrogens with one attached hydrogen (secondary N) is 1. The van der Waals surface area contributed by atoms with E-state index >= 15 is 0 Å². The fourth-order valence-electron chi connectivity index (χ4n) is 5.14. The van der Waals surface area contributed by atoms with Crippen molar-refractivity contribution in [1.82, 2.24) is 25.3 Å². The second-order valence-corrected chi connectivity index (χ2v) is 10.0. The summed E-state index contributed by atoms with van der Waals surface area (Å²) in [6, 6.07) is 11.4. The van der Waals surface area contributed by atoms with Gasteiger partial charge in [-0.25, -0.2) is 0 Å². The number of likely N-dealkylation sites (tertiary alicyclic amines) is 1. The maximum atomic E-state index is 5.69. The summed E-state index contributed by atoms with van der Waals surface area (Å²) in [5, 5.41) is 16.3. The van der Waals surface area contributed by atoms with Gasteiger partial charge in [-0.1, -0.05) is 13.0 Å². The summed E-state index contributed by atoms with van der Waals surface area (Å²) in [6.07, 6.45) is 7.32. The Kier molecular flexibility index (Phi) is 5.60. The van der Waals surface area contributed by atoms with Gasteiger partial charge in [-0.3, -0.25) is 5.10 Å². The van der Waals surface area contributed by atoms with Crippen LogP contribution in [0.5, 0.6) is 5.75 Å². The lowest BCUT2D eigenvalue weighted by atomic mass is 9.76. The van der Waals surface area contributed by atoms with Crippen molar-refractivity contribution in [3.05, 3.63) is 42.7 Å². The predicted molar refractivity (Wildman–Crippen MR) is 131 cm³/mol. The van der Waals surface area contributed by atoms with Crippen LogP contribution in [0.15, 0.2) is 42.7 Å². The lowest BCUT2D eigenvalue weighted by Gasteiger charge is -2.52. The lowest BCUT2D eigenvalue weighted by Crippen LogP contribution is -2.60. The van der Waals surface area contributed by atoms with E-state index in [0.29, 0.717) is 18.0 Å². The van der Waals surface area contributed by atoms with E-state index in [1.54, 1.807) is 13.3 Å². The SMILES string of the molecule is COc1cc(-c2cn[nH]c2)ccc1-c1ccc(N(C2CC2)C2CCN(C)C(C)(C)C2C)nn1. The van der Waals surface area contributed by atoms with Crippen LogP contribution < -0.4 is 9.64 Å². The summed E-state index contributed by atoms with van der Waals surface area (Å²) in [7, 11) is 3.94. The van der Waals surface area contributed by atoms with Gasteiger partial charge in [0.2, 0.25) is 0 Å². The molecule has 1 aliphatic heterocycles. The minimum Gasteiger partial charge on any atom is -0.496 e. The molecule has 7 nitrogen and oxygen atoms in total. The first-order chi connectivity index (χ1) is 15.9. The zero-order valence-corrected chi connectivity index (χ0v) is 20.2. The molecule has 1 saturated heterocycles. The number of H-pyrrole nitrogens is 1. The van der Waals surface area contributed by atoms with Crippen molar-refractivity contribution in [2.75, 3.05) is 25.6 Å². The Morgan fingerprint density at radius 3 is 2.55 bits per heavy atom. The van der Waals surface area contributed by atoms with Crippen molar-refractivity contribution in [2.45, 2.75) is 57.7 Å². The summed E-state index contributed by atoms with van der Waals surface area (Å²) in [5.74, 6) is 2.31. The second-order valence-electron chi connectivity index (χ2n) is 10.0. The number of hydrogen-bond donors (Lipinski definition) is 1. The molecule has 1 aliphatic carbocycles. The first-order valence-corrected chi connectivity index (χ1v) is 11.9. The summed E-state index contributed by atoms with van der Waals surface area (Å²) >= 11 is 0. The molecule has 2 fully saturated rings. The van der Waals surface area contributed by atoms with E-state index in [-0.39, 0.29) is 5.54 Å². The minimum atomic E-state index is 0.160. The Labute approximate surface area is 196 Å². The van der Waals surface area contributed by atoms with Gasteiger partial charge in [0.25, 0.3) is 0 Å². The molecule has 1 aromatic carbocycles. The van der Waals surface area contributed by atoms with Crippen molar-refractivity contribution in [3.63, 3.8) is 0 Å². The van der Waals surface area contributed by atoms with E-state index in [0.717, 1.165) is 46.9 Å². The number of aromatic nitrogens is 4.